The second-order valence-corrected chi connectivity index (χ2v) is 4.74. The summed E-state index contributed by atoms with van der Waals surface area (Å²) in [5.74, 6) is -0.0212. The van der Waals surface area contributed by atoms with E-state index >= 15 is 0 Å². The fourth-order valence-electron chi connectivity index (χ4n) is 1.41. The number of nitrogens with one attached hydrogen (secondary N) is 1. The number of anilines is 2. The third-order valence-electron chi connectivity index (χ3n) is 2.30. The van der Waals surface area contributed by atoms with Gasteiger partial charge in [-0.25, -0.2) is 9.37 Å². The average molecular weight is 322 g/mol. The Morgan fingerprint density at radius 1 is 1.16 bits per heavy atom. The molecule has 0 atom stereocenters. The van der Waals surface area contributed by atoms with Gasteiger partial charge in [0, 0.05) is 11.8 Å². The van der Waals surface area contributed by atoms with Crippen molar-refractivity contribution in [1.29, 1.82) is 0 Å². The molecule has 0 radical (unpaired) electrons. The molecule has 0 aliphatic rings. The molecule has 1 heterocycles. The van der Waals surface area contributed by atoms with Crippen LogP contribution in [0.1, 0.15) is 0 Å². The maximum atomic E-state index is 13.3. The second kappa shape index (κ2) is 5.82. The van der Waals surface area contributed by atoms with Crippen LogP contribution < -0.4 is 10.1 Å². The van der Waals surface area contributed by atoms with Crippen LogP contribution in [0.5, 0.6) is 5.75 Å². The number of rotatable bonds is 3. The quantitative estimate of drug-likeness (QED) is 0.814. The van der Waals surface area contributed by atoms with Gasteiger partial charge in [-0.1, -0.05) is 34.8 Å². The Bertz CT molecular complexity index is 622. The molecule has 0 saturated heterocycles. The molecule has 1 N–H and O–H groups in total. The summed E-state index contributed by atoms with van der Waals surface area (Å²) in [7, 11) is 1.38. The van der Waals surface area contributed by atoms with Crippen LogP contribution in [0.2, 0.25) is 15.2 Å². The van der Waals surface area contributed by atoms with Crippen molar-refractivity contribution in [3.63, 3.8) is 0 Å². The first-order chi connectivity index (χ1) is 9.01. The van der Waals surface area contributed by atoms with Gasteiger partial charge in [0.05, 0.1) is 17.2 Å². The minimum absolute atomic E-state index is 0.112. The van der Waals surface area contributed by atoms with Gasteiger partial charge < -0.3 is 10.1 Å². The molecule has 3 nitrogen and oxygen atoms in total. The number of halogens is 4. The predicted molar refractivity (Wildman–Crippen MR) is 75.5 cm³/mol. The van der Waals surface area contributed by atoms with E-state index in [1.54, 1.807) is 0 Å². The van der Waals surface area contributed by atoms with Gasteiger partial charge in [0.2, 0.25) is 0 Å². The summed E-state index contributed by atoms with van der Waals surface area (Å²) in [6.07, 6.45) is 0. The van der Waals surface area contributed by atoms with Gasteiger partial charge in [-0.2, -0.15) is 0 Å². The van der Waals surface area contributed by atoms with Gasteiger partial charge in [-0.15, -0.1) is 0 Å². The first-order valence-corrected chi connectivity index (χ1v) is 6.26. The largest absolute Gasteiger partial charge is 0.494 e. The van der Waals surface area contributed by atoms with Gasteiger partial charge in [0.1, 0.15) is 5.15 Å². The minimum Gasteiger partial charge on any atom is -0.494 e. The summed E-state index contributed by atoms with van der Waals surface area (Å²) in [6, 6.07) is 5.75. The van der Waals surface area contributed by atoms with Crippen molar-refractivity contribution in [1.82, 2.24) is 4.98 Å². The van der Waals surface area contributed by atoms with Crippen molar-refractivity contribution in [3.8, 4) is 5.75 Å². The molecule has 0 bridgehead atoms. The first kappa shape index (κ1) is 14.2. The molecule has 1 aromatic carbocycles. The molecule has 19 heavy (non-hydrogen) atoms. The topological polar surface area (TPSA) is 34.1 Å². The summed E-state index contributed by atoms with van der Waals surface area (Å²) < 4.78 is 18.2. The Morgan fingerprint density at radius 2 is 1.89 bits per heavy atom. The molecule has 0 spiro atoms. The van der Waals surface area contributed by atoms with E-state index in [4.69, 9.17) is 39.5 Å². The highest BCUT2D eigenvalue weighted by Crippen LogP contribution is 2.31. The zero-order chi connectivity index (χ0) is 14.0. The highest BCUT2D eigenvalue weighted by atomic mass is 35.5. The second-order valence-electron chi connectivity index (χ2n) is 3.57. The number of aromatic nitrogens is 1. The monoisotopic (exact) mass is 320 g/mol. The summed E-state index contributed by atoms with van der Waals surface area (Å²) in [5.41, 5.74) is 0.561. The van der Waals surface area contributed by atoms with Crippen molar-refractivity contribution in [3.05, 3.63) is 45.3 Å². The number of hydrogen-bond acceptors (Lipinski definition) is 3. The summed E-state index contributed by atoms with van der Waals surface area (Å²) in [5, 5.41) is 3.60. The lowest BCUT2D eigenvalue weighted by atomic mass is 10.3. The van der Waals surface area contributed by atoms with Crippen LogP contribution in [0.3, 0.4) is 0 Å². The molecule has 100 valence electrons. The standard InChI is InChI=1S/C12H8Cl3FN2O/c1-19-10-4-6(2-3-9(10)16)17-12-8(14)5-7(13)11(15)18-12/h2-5H,1H3,(H,17,18). The van der Waals surface area contributed by atoms with Crippen LogP contribution >= 0.6 is 34.8 Å². The molecule has 1 aromatic heterocycles. The van der Waals surface area contributed by atoms with Crippen LogP contribution in [0, 0.1) is 5.82 Å². The number of pyridine rings is 1. The van der Waals surface area contributed by atoms with E-state index in [9.17, 15) is 4.39 Å². The molecular weight excluding hydrogens is 314 g/mol. The summed E-state index contributed by atoms with van der Waals surface area (Å²) in [4.78, 5) is 4.00. The Hall–Kier alpha value is -1.23. The van der Waals surface area contributed by atoms with Crippen LogP contribution in [0.15, 0.2) is 24.3 Å². The van der Waals surface area contributed by atoms with Crippen molar-refractivity contribution >= 4 is 46.3 Å². The number of ether oxygens (including phenoxy) is 1. The Balaban J connectivity index is 2.33. The van der Waals surface area contributed by atoms with Crippen molar-refractivity contribution in [2.75, 3.05) is 12.4 Å². The van der Waals surface area contributed by atoms with Crippen molar-refractivity contribution < 1.29 is 9.13 Å². The van der Waals surface area contributed by atoms with Crippen molar-refractivity contribution in [2.24, 2.45) is 0 Å². The van der Waals surface area contributed by atoms with E-state index in [1.807, 2.05) is 0 Å². The van der Waals surface area contributed by atoms with Gasteiger partial charge in [0.25, 0.3) is 0 Å². The Kier molecular flexibility index (Phi) is 4.34. The van der Waals surface area contributed by atoms with Crippen LogP contribution in [0.4, 0.5) is 15.9 Å². The van der Waals surface area contributed by atoms with E-state index < -0.39 is 5.82 Å². The van der Waals surface area contributed by atoms with E-state index in [-0.39, 0.29) is 15.9 Å². The van der Waals surface area contributed by atoms with Gasteiger partial charge in [-0.3, -0.25) is 0 Å². The molecule has 0 fully saturated rings. The lowest BCUT2D eigenvalue weighted by molar-refractivity contribution is 0.387. The molecule has 0 aliphatic carbocycles. The highest BCUT2D eigenvalue weighted by Gasteiger charge is 2.09. The van der Waals surface area contributed by atoms with E-state index in [0.717, 1.165) is 0 Å². The number of hydrogen-bond donors (Lipinski definition) is 1. The lowest BCUT2D eigenvalue weighted by Gasteiger charge is -2.10. The molecule has 2 rings (SSSR count). The summed E-state index contributed by atoms with van der Waals surface area (Å²) in [6.45, 7) is 0. The van der Waals surface area contributed by atoms with Crippen LogP contribution in [0.25, 0.3) is 0 Å². The number of benzene rings is 1. The zero-order valence-electron chi connectivity index (χ0n) is 9.68. The highest BCUT2D eigenvalue weighted by molar-refractivity contribution is 6.43. The summed E-state index contributed by atoms with van der Waals surface area (Å²) >= 11 is 17.6. The molecule has 0 amide bonds. The third kappa shape index (κ3) is 3.21. The fourth-order valence-corrected chi connectivity index (χ4v) is 1.95. The molecular formula is C12H8Cl3FN2O. The molecule has 0 saturated carbocycles. The number of methoxy groups -OCH3 is 1. The van der Waals surface area contributed by atoms with Crippen LogP contribution in [-0.2, 0) is 0 Å². The Morgan fingerprint density at radius 3 is 2.58 bits per heavy atom. The lowest BCUT2D eigenvalue weighted by Crippen LogP contribution is -1.97. The SMILES string of the molecule is COc1cc(Nc2nc(Cl)c(Cl)cc2Cl)ccc1F. The maximum Gasteiger partial charge on any atom is 0.165 e. The molecule has 7 heteroatoms. The van der Waals surface area contributed by atoms with E-state index in [2.05, 4.69) is 10.3 Å². The molecule has 2 aromatic rings. The normalized spacial score (nSPS) is 10.4. The van der Waals surface area contributed by atoms with Gasteiger partial charge in [-0.05, 0) is 18.2 Å². The zero-order valence-corrected chi connectivity index (χ0v) is 11.9. The average Bonchev–Trinajstić information content (AvgIpc) is 2.38. The third-order valence-corrected chi connectivity index (χ3v) is 3.26. The first-order valence-electron chi connectivity index (χ1n) is 5.13. The Labute approximate surface area is 124 Å². The van der Waals surface area contributed by atoms with E-state index in [0.29, 0.717) is 16.5 Å². The smallest absolute Gasteiger partial charge is 0.165 e. The molecule has 0 unspecified atom stereocenters. The van der Waals surface area contributed by atoms with E-state index in [1.165, 1.54) is 31.4 Å². The number of nitrogens with zero attached hydrogens (tertiary/aromatic N) is 1. The minimum atomic E-state index is -0.457. The van der Waals surface area contributed by atoms with Gasteiger partial charge >= 0.3 is 0 Å². The van der Waals surface area contributed by atoms with Gasteiger partial charge in [0.15, 0.2) is 17.4 Å². The van der Waals surface area contributed by atoms with Crippen molar-refractivity contribution in [2.45, 2.75) is 0 Å². The maximum absolute atomic E-state index is 13.3. The van der Waals surface area contributed by atoms with Crippen LogP contribution in [-0.4, -0.2) is 12.1 Å². The fraction of sp³-hybridized carbons (Fsp3) is 0.0833. The molecule has 0 aliphatic heterocycles. The predicted octanol–water partition coefficient (Wildman–Crippen LogP) is 4.93.